The Hall–Kier alpha value is -2.31. The van der Waals surface area contributed by atoms with E-state index in [1.807, 2.05) is 49.1 Å². The molecule has 0 radical (unpaired) electrons. The number of hydrogen-bond acceptors (Lipinski definition) is 4. The Balaban J connectivity index is 1.67. The van der Waals surface area contributed by atoms with Gasteiger partial charge < -0.3 is 19.7 Å². The van der Waals surface area contributed by atoms with Crippen molar-refractivity contribution in [2.75, 3.05) is 44.6 Å². The number of aryl methyl sites for hydroxylation is 2. The van der Waals surface area contributed by atoms with Crippen LogP contribution in [0.2, 0.25) is 0 Å². The summed E-state index contributed by atoms with van der Waals surface area (Å²) in [5, 5.41) is 12.0. The smallest absolute Gasteiger partial charge is 0.321 e. The molecule has 0 aliphatic carbocycles. The SMILES string of the molecule is Cc1ccc(-c2ccc(C)c(NC(=O)N3CCN(CCO)CC3)c2)o1. The van der Waals surface area contributed by atoms with Gasteiger partial charge in [-0.3, -0.25) is 4.90 Å². The van der Waals surface area contributed by atoms with Gasteiger partial charge in [0.1, 0.15) is 11.5 Å². The van der Waals surface area contributed by atoms with Gasteiger partial charge in [-0.25, -0.2) is 4.79 Å². The van der Waals surface area contributed by atoms with Crippen molar-refractivity contribution in [2.24, 2.45) is 0 Å². The van der Waals surface area contributed by atoms with Gasteiger partial charge in [0.25, 0.3) is 0 Å². The quantitative estimate of drug-likeness (QED) is 0.896. The Morgan fingerprint density at radius 2 is 1.92 bits per heavy atom. The largest absolute Gasteiger partial charge is 0.461 e. The number of piperazine rings is 1. The lowest BCUT2D eigenvalue weighted by Gasteiger charge is -2.34. The molecule has 2 N–H and O–H groups in total. The predicted molar refractivity (Wildman–Crippen MR) is 97.7 cm³/mol. The molecule has 0 atom stereocenters. The molecular weight excluding hydrogens is 318 g/mol. The van der Waals surface area contributed by atoms with Gasteiger partial charge in [-0.2, -0.15) is 0 Å². The summed E-state index contributed by atoms with van der Waals surface area (Å²) in [6, 6.07) is 9.72. The predicted octanol–water partition coefficient (Wildman–Crippen LogP) is 2.71. The molecule has 2 aromatic rings. The fourth-order valence-corrected chi connectivity index (χ4v) is 3.01. The van der Waals surface area contributed by atoms with Crippen molar-refractivity contribution in [1.82, 2.24) is 9.80 Å². The summed E-state index contributed by atoms with van der Waals surface area (Å²) < 4.78 is 5.67. The normalized spacial score (nSPS) is 15.4. The van der Waals surface area contributed by atoms with E-state index in [1.54, 1.807) is 0 Å². The third-order valence-electron chi connectivity index (χ3n) is 4.58. The first-order valence-corrected chi connectivity index (χ1v) is 8.63. The van der Waals surface area contributed by atoms with E-state index in [2.05, 4.69) is 10.2 Å². The maximum Gasteiger partial charge on any atom is 0.321 e. The van der Waals surface area contributed by atoms with Crippen molar-refractivity contribution >= 4 is 11.7 Å². The highest BCUT2D eigenvalue weighted by Gasteiger charge is 2.21. The Labute approximate surface area is 148 Å². The first-order valence-electron chi connectivity index (χ1n) is 8.63. The molecule has 1 fully saturated rings. The number of furan rings is 1. The Morgan fingerprint density at radius 3 is 2.56 bits per heavy atom. The van der Waals surface area contributed by atoms with Crippen LogP contribution in [-0.2, 0) is 0 Å². The highest BCUT2D eigenvalue weighted by molar-refractivity contribution is 5.91. The van der Waals surface area contributed by atoms with E-state index in [9.17, 15) is 4.79 Å². The number of urea groups is 1. The van der Waals surface area contributed by atoms with Crippen LogP contribution in [0, 0.1) is 13.8 Å². The Morgan fingerprint density at radius 1 is 1.16 bits per heavy atom. The minimum absolute atomic E-state index is 0.0838. The molecule has 134 valence electrons. The van der Waals surface area contributed by atoms with E-state index in [0.29, 0.717) is 19.6 Å². The lowest BCUT2D eigenvalue weighted by atomic mass is 10.1. The zero-order valence-electron chi connectivity index (χ0n) is 14.8. The van der Waals surface area contributed by atoms with Crippen LogP contribution in [0.15, 0.2) is 34.7 Å². The number of carbonyl (C=O) groups excluding carboxylic acids is 1. The monoisotopic (exact) mass is 343 g/mol. The fourth-order valence-electron chi connectivity index (χ4n) is 3.01. The lowest BCUT2D eigenvalue weighted by Crippen LogP contribution is -2.50. The van der Waals surface area contributed by atoms with Gasteiger partial charge in [-0.15, -0.1) is 0 Å². The standard InChI is InChI=1S/C19H25N3O3/c1-14-3-5-16(18-6-4-15(2)25-18)13-17(14)20-19(24)22-9-7-21(8-10-22)11-12-23/h3-6,13,23H,7-12H2,1-2H3,(H,20,24). The van der Waals surface area contributed by atoms with Gasteiger partial charge in [0, 0.05) is 44.0 Å². The Kier molecular flexibility index (Phi) is 5.40. The number of nitrogens with zero attached hydrogens (tertiary/aromatic N) is 2. The van der Waals surface area contributed by atoms with Gasteiger partial charge in [0.2, 0.25) is 0 Å². The average molecular weight is 343 g/mol. The molecule has 6 heteroatoms. The van der Waals surface area contributed by atoms with Crippen molar-refractivity contribution in [3.63, 3.8) is 0 Å². The lowest BCUT2D eigenvalue weighted by molar-refractivity contribution is 0.127. The molecule has 0 spiro atoms. The minimum atomic E-state index is -0.0838. The second-order valence-corrected chi connectivity index (χ2v) is 6.42. The zero-order chi connectivity index (χ0) is 17.8. The van der Waals surface area contributed by atoms with E-state index in [0.717, 1.165) is 41.4 Å². The number of rotatable bonds is 4. The number of aliphatic hydroxyl groups is 1. The first-order chi connectivity index (χ1) is 12.1. The van der Waals surface area contributed by atoms with Crippen LogP contribution in [0.4, 0.5) is 10.5 Å². The molecule has 2 amide bonds. The van der Waals surface area contributed by atoms with E-state index >= 15 is 0 Å². The van der Waals surface area contributed by atoms with Crippen molar-refractivity contribution < 1.29 is 14.3 Å². The highest BCUT2D eigenvalue weighted by atomic mass is 16.3. The van der Waals surface area contributed by atoms with E-state index in [-0.39, 0.29) is 12.6 Å². The maximum absolute atomic E-state index is 12.6. The molecule has 1 saturated heterocycles. The second kappa shape index (κ2) is 7.72. The molecule has 1 aromatic heterocycles. The van der Waals surface area contributed by atoms with Crippen molar-refractivity contribution in [2.45, 2.75) is 13.8 Å². The number of nitrogens with one attached hydrogen (secondary N) is 1. The van der Waals surface area contributed by atoms with Gasteiger partial charge in [-0.05, 0) is 37.6 Å². The molecule has 0 bridgehead atoms. The average Bonchev–Trinajstić information content (AvgIpc) is 3.04. The minimum Gasteiger partial charge on any atom is -0.461 e. The summed E-state index contributed by atoms with van der Waals surface area (Å²) in [6.07, 6.45) is 0. The topological polar surface area (TPSA) is 69.0 Å². The molecule has 6 nitrogen and oxygen atoms in total. The number of hydrogen-bond donors (Lipinski definition) is 2. The first kappa shape index (κ1) is 17.5. The molecule has 1 aliphatic heterocycles. The third kappa shape index (κ3) is 4.21. The summed E-state index contributed by atoms with van der Waals surface area (Å²) in [4.78, 5) is 16.5. The van der Waals surface area contributed by atoms with Crippen LogP contribution < -0.4 is 5.32 Å². The molecule has 25 heavy (non-hydrogen) atoms. The molecule has 0 saturated carbocycles. The third-order valence-corrected chi connectivity index (χ3v) is 4.58. The van der Waals surface area contributed by atoms with E-state index in [4.69, 9.17) is 9.52 Å². The van der Waals surface area contributed by atoms with Crippen molar-refractivity contribution in [1.29, 1.82) is 0 Å². The number of amides is 2. The molecular formula is C19H25N3O3. The summed E-state index contributed by atoms with van der Waals surface area (Å²) in [5.74, 6) is 1.66. The molecule has 2 heterocycles. The van der Waals surface area contributed by atoms with E-state index < -0.39 is 0 Å². The molecule has 0 unspecified atom stereocenters. The van der Waals surface area contributed by atoms with Gasteiger partial charge in [-0.1, -0.05) is 12.1 Å². The van der Waals surface area contributed by atoms with Crippen LogP contribution in [0.3, 0.4) is 0 Å². The fraction of sp³-hybridized carbons (Fsp3) is 0.421. The number of anilines is 1. The number of aliphatic hydroxyl groups excluding tert-OH is 1. The maximum atomic E-state index is 12.6. The van der Waals surface area contributed by atoms with Crippen LogP contribution >= 0.6 is 0 Å². The molecule has 1 aromatic carbocycles. The van der Waals surface area contributed by atoms with Crippen molar-refractivity contribution in [3.8, 4) is 11.3 Å². The molecule has 3 rings (SSSR count). The summed E-state index contributed by atoms with van der Waals surface area (Å²) in [6.45, 7) is 7.63. The summed E-state index contributed by atoms with van der Waals surface area (Å²) in [5.41, 5.74) is 2.76. The highest BCUT2D eigenvalue weighted by Crippen LogP contribution is 2.27. The number of β-amino-alcohol motifs (C(OH)–C–C–N with tert-alkyl or cyclic N) is 1. The Bertz CT molecular complexity index is 733. The van der Waals surface area contributed by atoms with E-state index in [1.165, 1.54) is 0 Å². The zero-order valence-corrected chi connectivity index (χ0v) is 14.8. The second-order valence-electron chi connectivity index (χ2n) is 6.42. The van der Waals surface area contributed by atoms with Gasteiger partial charge in [0.15, 0.2) is 0 Å². The van der Waals surface area contributed by atoms with Gasteiger partial charge in [0.05, 0.1) is 6.61 Å². The van der Waals surface area contributed by atoms with Crippen LogP contribution in [0.25, 0.3) is 11.3 Å². The van der Waals surface area contributed by atoms with Crippen LogP contribution in [0.5, 0.6) is 0 Å². The van der Waals surface area contributed by atoms with Crippen molar-refractivity contribution in [3.05, 3.63) is 41.7 Å². The number of carbonyl (C=O) groups is 1. The molecule has 1 aliphatic rings. The summed E-state index contributed by atoms with van der Waals surface area (Å²) in [7, 11) is 0. The van der Waals surface area contributed by atoms with Crippen LogP contribution in [-0.4, -0.2) is 60.3 Å². The van der Waals surface area contributed by atoms with Gasteiger partial charge >= 0.3 is 6.03 Å². The van der Waals surface area contributed by atoms with Crippen LogP contribution in [0.1, 0.15) is 11.3 Å². The number of benzene rings is 1. The summed E-state index contributed by atoms with van der Waals surface area (Å²) >= 11 is 0.